The summed E-state index contributed by atoms with van der Waals surface area (Å²) in [6, 6.07) is 8.83. The fourth-order valence-corrected chi connectivity index (χ4v) is 2.76. The van der Waals surface area contributed by atoms with Gasteiger partial charge in [-0.05, 0) is 49.4 Å². The molecule has 1 atom stereocenters. The second-order valence-electron chi connectivity index (χ2n) is 5.18. The zero-order valence-electron chi connectivity index (χ0n) is 12.0. The largest absolute Gasteiger partial charge is 0.497 e. The molecule has 1 N–H and O–H groups in total. The van der Waals surface area contributed by atoms with Crippen LogP contribution in [0.1, 0.15) is 37.8 Å². The molecule has 1 unspecified atom stereocenters. The zero-order chi connectivity index (χ0) is 13.5. The first-order valence-corrected chi connectivity index (χ1v) is 7.28. The number of ether oxygens (including phenoxy) is 2. The van der Waals surface area contributed by atoms with Crippen molar-refractivity contribution < 1.29 is 9.47 Å². The normalized spacial score (nSPS) is 18.2. The second-order valence-corrected chi connectivity index (χ2v) is 5.18. The average Bonchev–Trinajstić information content (AvgIpc) is 2.48. The van der Waals surface area contributed by atoms with Crippen molar-refractivity contribution in [1.82, 2.24) is 5.32 Å². The van der Waals surface area contributed by atoms with Gasteiger partial charge in [-0.3, -0.25) is 0 Å². The van der Waals surface area contributed by atoms with Crippen LogP contribution in [0.3, 0.4) is 0 Å². The molecule has 106 valence electrons. The van der Waals surface area contributed by atoms with E-state index in [1.165, 1.54) is 24.8 Å². The molecule has 0 spiro atoms. The molecule has 1 aromatic carbocycles. The Balaban J connectivity index is 2.04. The van der Waals surface area contributed by atoms with E-state index in [1.54, 1.807) is 7.11 Å². The summed E-state index contributed by atoms with van der Waals surface area (Å²) in [4.78, 5) is 0. The number of rotatable bonds is 6. The van der Waals surface area contributed by atoms with Crippen LogP contribution in [-0.2, 0) is 4.74 Å². The Morgan fingerprint density at radius 2 is 2.16 bits per heavy atom. The molecule has 1 heterocycles. The van der Waals surface area contributed by atoms with E-state index in [2.05, 4.69) is 30.4 Å². The summed E-state index contributed by atoms with van der Waals surface area (Å²) in [6.07, 6.45) is 3.56. The molecule has 0 amide bonds. The third-order valence-electron chi connectivity index (χ3n) is 3.86. The molecular formula is C16H25NO2. The van der Waals surface area contributed by atoms with Gasteiger partial charge >= 0.3 is 0 Å². The maximum Gasteiger partial charge on any atom is 0.119 e. The van der Waals surface area contributed by atoms with Crippen LogP contribution in [0.15, 0.2) is 24.3 Å². The maximum atomic E-state index is 5.44. The van der Waals surface area contributed by atoms with E-state index >= 15 is 0 Å². The minimum Gasteiger partial charge on any atom is -0.497 e. The van der Waals surface area contributed by atoms with Gasteiger partial charge in [0.05, 0.1) is 7.11 Å². The van der Waals surface area contributed by atoms with Crippen molar-refractivity contribution in [3.8, 4) is 5.75 Å². The van der Waals surface area contributed by atoms with Gasteiger partial charge in [-0.15, -0.1) is 0 Å². The molecular weight excluding hydrogens is 238 g/mol. The van der Waals surface area contributed by atoms with E-state index in [0.717, 1.165) is 31.4 Å². The Labute approximate surface area is 116 Å². The highest BCUT2D eigenvalue weighted by Gasteiger charge is 2.20. The van der Waals surface area contributed by atoms with Crippen molar-refractivity contribution in [3.63, 3.8) is 0 Å². The summed E-state index contributed by atoms with van der Waals surface area (Å²) in [5.74, 6) is 1.70. The topological polar surface area (TPSA) is 30.5 Å². The Bertz CT molecular complexity index is 375. The summed E-state index contributed by atoms with van der Waals surface area (Å²) < 4.78 is 10.8. The van der Waals surface area contributed by atoms with Gasteiger partial charge < -0.3 is 14.8 Å². The molecule has 0 aliphatic carbocycles. The molecule has 0 radical (unpaired) electrons. The van der Waals surface area contributed by atoms with Crippen LogP contribution < -0.4 is 10.1 Å². The highest BCUT2D eigenvalue weighted by molar-refractivity contribution is 5.30. The smallest absolute Gasteiger partial charge is 0.119 e. The van der Waals surface area contributed by atoms with Crippen molar-refractivity contribution >= 4 is 0 Å². The highest BCUT2D eigenvalue weighted by atomic mass is 16.5. The van der Waals surface area contributed by atoms with Crippen LogP contribution in [0.25, 0.3) is 0 Å². The second kappa shape index (κ2) is 7.51. The molecule has 0 aromatic heterocycles. The zero-order valence-corrected chi connectivity index (χ0v) is 12.0. The Morgan fingerprint density at radius 3 is 2.84 bits per heavy atom. The molecule has 19 heavy (non-hydrogen) atoms. The van der Waals surface area contributed by atoms with Crippen LogP contribution in [0.2, 0.25) is 0 Å². The summed E-state index contributed by atoms with van der Waals surface area (Å²) in [5, 5.41) is 3.60. The van der Waals surface area contributed by atoms with E-state index in [1.807, 2.05) is 6.07 Å². The number of benzene rings is 1. The molecule has 1 saturated heterocycles. The number of nitrogens with one attached hydrogen (secondary N) is 1. The molecule has 0 bridgehead atoms. The molecule has 1 aromatic rings. The average molecular weight is 263 g/mol. The van der Waals surface area contributed by atoms with Gasteiger partial charge in [-0.1, -0.05) is 19.1 Å². The lowest BCUT2D eigenvalue weighted by atomic mass is 9.89. The van der Waals surface area contributed by atoms with Crippen LogP contribution >= 0.6 is 0 Å². The van der Waals surface area contributed by atoms with Crippen molar-refractivity contribution in [3.05, 3.63) is 29.8 Å². The Kier molecular flexibility index (Phi) is 5.67. The van der Waals surface area contributed by atoms with Crippen molar-refractivity contribution in [2.45, 2.75) is 32.2 Å². The van der Waals surface area contributed by atoms with Crippen molar-refractivity contribution in [1.29, 1.82) is 0 Å². The van der Waals surface area contributed by atoms with E-state index in [4.69, 9.17) is 9.47 Å². The van der Waals surface area contributed by atoms with E-state index in [-0.39, 0.29) is 0 Å². The minimum atomic E-state index is 0.420. The Morgan fingerprint density at radius 1 is 1.37 bits per heavy atom. The molecule has 1 aliphatic rings. The third-order valence-corrected chi connectivity index (χ3v) is 3.86. The summed E-state index contributed by atoms with van der Waals surface area (Å²) >= 11 is 0. The molecule has 3 nitrogen and oxygen atoms in total. The molecule has 2 rings (SSSR count). The van der Waals surface area contributed by atoms with Gasteiger partial charge in [-0.25, -0.2) is 0 Å². The lowest BCUT2D eigenvalue weighted by Gasteiger charge is -2.27. The fraction of sp³-hybridized carbons (Fsp3) is 0.625. The summed E-state index contributed by atoms with van der Waals surface area (Å²) in [6.45, 7) is 4.99. The van der Waals surface area contributed by atoms with Gasteiger partial charge in [0.15, 0.2) is 0 Å². The van der Waals surface area contributed by atoms with Gasteiger partial charge in [-0.2, -0.15) is 0 Å². The van der Waals surface area contributed by atoms with Gasteiger partial charge in [0.2, 0.25) is 0 Å². The van der Waals surface area contributed by atoms with Crippen LogP contribution in [0.5, 0.6) is 5.75 Å². The van der Waals surface area contributed by atoms with Crippen molar-refractivity contribution in [2.24, 2.45) is 5.92 Å². The molecule has 0 saturated carbocycles. The standard InChI is InChI=1S/C16H25NO2/c1-3-17-16(11-13-7-9-19-10-8-13)14-5-4-6-15(12-14)18-2/h4-6,12-13,16-17H,3,7-11H2,1-2H3. The highest BCUT2D eigenvalue weighted by Crippen LogP contribution is 2.29. The predicted octanol–water partition coefficient (Wildman–Crippen LogP) is 3.16. The number of hydrogen-bond acceptors (Lipinski definition) is 3. The minimum absolute atomic E-state index is 0.420. The van der Waals surface area contributed by atoms with E-state index in [9.17, 15) is 0 Å². The molecule has 1 aliphatic heterocycles. The van der Waals surface area contributed by atoms with Gasteiger partial charge in [0.1, 0.15) is 5.75 Å². The van der Waals surface area contributed by atoms with Crippen LogP contribution in [0, 0.1) is 5.92 Å². The van der Waals surface area contributed by atoms with Crippen LogP contribution in [-0.4, -0.2) is 26.9 Å². The lowest BCUT2D eigenvalue weighted by Crippen LogP contribution is -2.26. The summed E-state index contributed by atoms with van der Waals surface area (Å²) in [7, 11) is 1.72. The third kappa shape index (κ3) is 4.22. The first-order valence-electron chi connectivity index (χ1n) is 7.28. The first-order chi connectivity index (χ1) is 9.33. The summed E-state index contributed by atoms with van der Waals surface area (Å²) in [5.41, 5.74) is 1.33. The van der Waals surface area contributed by atoms with Crippen molar-refractivity contribution in [2.75, 3.05) is 26.9 Å². The predicted molar refractivity (Wildman–Crippen MR) is 77.6 cm³/mol. The fourth-order valence-electron chi connectivity index (χ4n) is 2.76. The van der Waals surface area contributed by atoms with E-state index in [0.29, 0.717) is 6.04 Å². The molecule has 1 fully saturated rings. The Hall–Kier alpha value is -1.06. The van der Waals surface area contributed by atoms with E-state index < -0.39 is 0 Å². The number of hydrogen-bond donors (Lipinski definition) is 1. The molecule has 3 heteroatoms. The quantitative estimate of drug-likeness (QED) is 0.855. The maximum absolute atomic E-state index is 5.44. The van der Waals surface area contributed by atoms with Gasteiger partial charge in [0, 0.05) is 19.3 Å². The first kappa shape index (κ1) is 14.4. The monoisotopic (exact) mass is 263 g/mol. The number of methoxy groups -OCH3 is 1. The van der Waals surface area contributed by atoms with Crippen LogP contribution in [0.4, 0.5) is 0 Å². The SMILES string of the molecule is CCNC(CC1CCOCC1)c1cccc(OC)c1. The lowest BCUT2D eigenvalue weighted by molar-refractivity contribution is 0.0605. The van der Waals surface area contributed by atoms with Gasteiger partial charge in [0.25, 0.3) is 0 Å².